The zero-order valence-corrected chi connectivity index (χ0v) is 16.1. The van der Waals surface area contributed by atoms with Crippen LogP contribution in [0, 0.1) is 11.3 Å². The summed E-state index contributed by atoms with van der Waals surface area (Å²) in [5, 5.41) is 3.88. The summed E-state index contributed by atoms with van der Waals surface area (Å²) < 4.78 is 1.65. The molecule has 5 rings (SSSR count). The molecule has 1 aliphatic carbocycles. The second-order valence-electron chi connectivity index (χ2n) is 8.01. The Labute approximate surface area is 148 Å². The van der Waals surface area contributed by atoms with Crippen LogP contribution in [0.15, 0.2) is 14.6 Å². The average molecular weight is 396 g/mol. The smallest absolute Gasteiger partial charge is 0.268 e. The molecular weight excluding hydrogens is 374 g/mol. The molecule has 4 nitrogen and oxygen atoms in total. The molecule has 6 heteroatoms. The molecule has 1 atom stereocenters. The highest BCUT2D eigenvalue weighted by atomic mass is 79.9. The maximum absolute atomic E-state index is 12.4. The number of hydrogen-bond acceptors (Lipinski definition) is 4. The van der Waals surface area contributed by atoms with Crippen LogP contribution in [-0.2, 0) is 0 Å². The molecular formula is C17H22BrN3OS. The van der Waals surface area contributed by atoms with E-state index in [1.165, 1.54) is 37.0 Å². The number of hydrogen-bond donors (Lipinski definition) is 2. The Balaban J connectivity index is 1.77. The summed E-state index contributed by atoms with van der Waals surface area (Å²) in [5.74, 6) is 1.38. The SMILES string of the molecule is CC(C)(C)C12CCC(CC1)[C@@H](c1nc3cc(Br)sc3c(=O)[nH]1)N2. The number of aromatic amines is 1. The molecule has 0 aromatic carbocycles. The standard InChI is InChI=1S/C17H22BrN3OS/c1-16(2,3)17-6-4-9(5-7-17)12(21-17)14-19-10-8-11(18)23-13(10)15(22)20-14/h8-9,12,21H,4-7H2,1-3H3,(H,19,20,22)/t9?,12-,17?/m0/s1. The molecule has 2 saturated heterocycles. The van der Waals surface area contributed by atoms with E-state index in [0.29, 0.717) is 10.6 Å². The average Bonchev–Trinajstić information content (AvgIpc) is 2.88. The second-order valence-corrected chi connectivity index (χ2v) is 10.4. The molecule has 2 aromatic rings. The van der Waals surface area contributed by atoms with Gasteiger partial charge in [0, 0.05) is 5.54 Å². The minimum absolute atomic E-state index is 0.0197. The molecule has 0 unspecified atom stereocenters. The van der Waals surface area contributed by atoms with Crippen molar-refractivity contribution in [1.29, 1.82) is 0 Å². The van der Waals surface area contributed by atoms with E-state index in [9.17, 15) is 4.79 Å². The monoisotopic (exact) mass is 395 g/mol. The van der Waals surface area contributed by atoms with Gasteiger partial charge in [-0.1, -0.05) is 20.8 Å². The quantitative estimate of drug-likeness (QED) is 0.753. The van der Waals surface area contributed by atoms with Gasteiger partial charge in [-0.2, -0.15) is 0 Å². The third-order valence-corrected chi connectivity index (χ3v) is 7.51. The predicted octanol–water partition coefficient (Wildman–Crippen LogP) is 4.37. The first-order chi connectivity index (χ1) is 10.8. The molecule has 4 heterocycles. The van der Waals surface area contributed by atoms with Crippen molar-refractivity contribution in [1.82, 2.24) is 15.3 Å². The van der Waals surface area contributed by atoms with Gasteiger partial charge < -0.3 is 10.3 Å². The third kappa shape index (κ3) is 2.41. The highest BCUT2D eigenvalue weighted by Gasteiger charge is 2.52. The molecule has 2 N–H and O–H groups in total. The predicted molar refractivity (Wildman–Crippen MR) is 98.0 cm³/mol. The summed E-state index contributed by atoms with van der Waals surface area (Å²) in [5.41, 5.74) is 1.13. The number of fused-ring (bicyclic) bond motifs is 4. The van der Waals surface area contributed by atoms with E-state index < -0.39 is 0 Å². The van der Waals surface area contributed by atoms with Crippen LogP contribution in [0.25, 0.3) is 10.2 Å². The van der Waals surface area contributed by atoms with Crippen LogP contribution in [0.2, 0.25) is 0 Å². The van der Waals surface area contributed by atoms with Crippen molar-refractivity contribution in [2.24, 2.45) is 11.3 Å². The van der Waals surface area contributed by atoms with Crippen LogP contribution in [0.1, 0.15) is 58.3 Å². The van der Waals surface area contributed by atoms with Gasteiger partial charge >= 0.3 is 0 Å². The topological polar surface area (TPSA) is 57.8 Å². The Morgan fingerprint density at radius 2 is 2.04 bits per heavy atom. The molecule has 3 aliphatic rings. The van der Waals surface area contributed by atoms with Crippen LogP contribution >= 0.6 is 27.3 Å². The van der Waals surface area contributed by atoms with Crippen molar-refractivity contribution in [2.75, 3.05) is 0 Å². The van der Waals surface area contributed by atoms with Crippen LogP contribution in [0.4, 0.5) is 0 Å². The molecule has 124 valence electrons. The summed E-state index contributed by atoms with van der Waals surface area (Å²) in [6.07, 6.45) is 4.86. The summed E-state index contributed by atoms with van der Waals surface area (Å²) in [7, 11) is 0. The highest BCUT2D eigenvalue weighted by Crippen LogP contribution is 2.52. The highest BCUT2D eigenvalue weighted by molar-refractivity contribution is 9.11. The molecule has 0 spiro atoms. The number of aromatic nitrogens is 2. The first kappa shape index (κ1) is 15.8. The molecule has 2 bridgehead atoms. The van der Waals surface area contributed by atoms with Gasteiger partial charge in [-0.3, -0.25) is 4.79 Å². The zero-order valence-electron chi connectivity index (χ0n) is 13.7. The molecule has 0 amide bonds. The number of thiophene rings is 1. The molecule has 0 radical (unpaired) electrons. The fourth-order valence-electron chi connectivity index (χ4n) is 4.36. The van der Waals surface area contributed by atoms with Crippen molar-refractivity contribution < 1.29 is 0 Å². The van der Waals surface area contributed by atoms with E-state index in [1.54, 1.807) is 0 Å². The van der Waals surface area contributed by atoms with E-state index in [-0.39, 0.29) is 22.6 Å². The molecule has 1 saturated carbocycles. The Bertz CT molecular complexity index is 811. The van der Waals surface area contributed by atoms with Gasteiger partial charge in [-0.15, -0.1) is 11.3 Å². The van der Waals surface area contributed by atoms with Crippen molar-refractivity contribution in [3.8, 4) is 0 Å². The first-order valence-corrected chi connectivity index (χ1v) is 9.87. The van der Waals surface area contributed by atoms with Crippen molar-refractivity contribution in [3.05, 3.63) is 26.0 Å². The van der Waals surface area contributed by atoms with E-state index >= 15 is 0 Å². The van der Waals surface area contributed by atoms with Gasteiger partial charge in [0.15, 0.2) is 0 Å². The zero-order chi connectivity index (χ0) is 16.4. The summed E-state index contributed by atoms with van der Waals surface area (Å²) in [6, 6.07) is 2.10. The molecule has 2 aliphatic heterocycles. The van der Waals surface area contributed by atoms with E-state index in [0.717, 1.165) is 15.1 Å². The Morgan fingerprint density at radius 1 is 1.35 bits per heavy atom. The van der Waals surface area contributed by atoms with Crippen LogP contribution in [0.3, 0.4) is 0 Å². The molecule has 23 heavy (non-hydrogen) atoms. The minimum Gasteiger partial charge on any atom is -0.308 e. The van der Waals surface area contributed by atoms with Crippen LogP contribution < -0.4 is 10.9 Å². The maximum atomic E-state index is 12.4. The largest absolute Gasteiger partial charge is 0.308 e. The van der Waals surface area contributed by atoms with Gasteiger partial charge in [0.25, 0.3) is 5.56 Å². The first-order valence-electron chi connectivity index (χ1n) is 8.26. The Morgan fingerprint density at radius 3 is 2.70 bits per heavy atom. The lowest BCUT2D eigenvalue weighted by molar-refractivity contribution is -0.0104. The number of piperidine rings is 2. The second kappa shape index (κ2) is 5.14. The van der Waals surface area contributed by atoms with E-state index in [1.807, 2.05) is 6.07 Å². The summed E-state index contributed by atoms with van der Waals surface area (Å²) >= 11 is 4.90. The minimum atomic E-state index is -0.0197. The number of nitrogens with zero attached hydrogens (tertiary/aromatic N) is 1. The lowest BCUT2D eigenvalue weighted by atomic mass is 9.58. The molecule has 3 fully saturated rings. The normalized spacial score (nSPS) is 31.0. The maximum Gasteiger partial charge on any atom is 0.268 e. The Kier molecular flexibility index (Phi) is 3.53. The lowest BCUT2D eigenvalue weighted by Gasteiger charge is -2.57. The fourth-order valence-corrected chi connectivity index (χ4v) is 5.78. The lowest BCUT2D eigenvalue weighted by Crippen LogP contribution is -2.63. The number of rotatable bonds is 1. The van der Waals surface area contributed by atoms with Crippen LogP contribution in [-0.4, -0.2) is 15.5 Å². The van der Waals surface area contributed by atoms with Crippen LogP contribution in [0.5, 0.6) is 0 Å². The van der Waals surface area contributed by atoms with Gasteiger partial charge in [-0.25, -0.2) is 4.98 Å². The number of nitrogens with one attached hydrogen (secondary N) is 2. The van der Waals surface area contributed by atoms with Gasteiger partial charge in [0.05, 0.1) is 15.3 Å². The molecule has 2 aromatic heterocycles. The van der Waals surface area contributed by atoms with Crippen molar-refractivity contribution in [2.45, 2.75) is 58.0 Å². The van der Waals surface area contributed by atoms with Gasteiger partial charge in [-0.05, 0) is 59.0 Å². The number of H-pyrrole nitrogens is 1. The van der Waals surface area contributed by atoms with Gasteiger partial charge in [0.1, 0.15) is 10.5 Å². The summed E-state index contributed by atoms with van der Waals surface area (Å²) in [4.78, 5) is 20.2. The Hall–Kier alpha value is -0.720. The number of halogens is 1. The van der Waals surface area contributed by atoms with E-state index in [2.05, 4.69) is 47.0 Å². The van der Waals surface area contributed by atoms with E-state index in [4.69, 9.17) is 4.98 Å². The summed E-state index contributed by atoms with van der Waals surface area (Å²) in [6.45, 7) is 6.95. The van der Waals surface area contributed by atoms with Crippen molar-refractivity contribution >= 4 is 37.5 Å². The van der Waals surface area contributed by atoms with Crippen molar-refractivity contribution in [3.63, 3.8) is 0 Å². The third-order valence-electron chi connectivity index (χ3n) is 5.89. The van der Waals surface area contributed by atoms with Gasteiger partial charge in [0.2, 0.25) is 0 Å². The fraction of sp³-hybridized carbons (Fsp3) is 0.647.